The van der Waals surface area contributed by atoms with Gasteiger partial charge in [-0.3, -0.25) is 4.79 Å². The Balaban J connectivity index is 1.50. The van der Waals surface area contributed by atoms with Crippen molar-refractivity contribution in [2.45, 2.75) is 32.1 Å². The van der Waals surface area contributed by atoms with Gasteiger partial charge in [0.15, 0.2) is 0 Å². The number of ether oxygens (including phenoxy) is 3. The molecule has 0 N–H and O–H groups in total. The van der Waals surface area contributed by atoms with Gasteiger partial charge in [0.05, 0.1) is 20.1 Å². The maximum absolute atomic E-state index is 12.2. The summed E-state index contributed by atoms with van der Waals surface area (Å²) in [6.45, 7) is 0. The second-order valence-electron chi connectivity index (χ2n) is 7.56. The van der Waals surface area contributed by atoms with Crippen LogP contribution < -0.4 is 9.47 Å². The maximum atomic E-state index is 12.2. The highest BCUT2D eigenvalue weighted by atomic mass is 16.5. The zero-order valence-electron chi connectivity index (χ0n) is 18.3. The smallest absolute Gasteiger partial charge is 0.308 e. The molecule has 0 aliphatic heterocycles. The topological polar surface area (TPSA) is 44.8 Å². The zero-order valence-corrected chi connectivity index (χ0v) is 18.3. The normalized spacial score (nSPS) is 11.5. The molecule has 0 fully saturated rings. The lowest BCUT2D eigenvalue weighted by Gasteiger charge is -2.15. The Bertz CT molecular complexity index is 918. The highest BCUT2D eigenvalue weighted by molar-refractivity contribution is 5.72. The molecule has 3 rings (SSSR count). The van der Waals surface area contributed by atoms with Crippen LogP contribution in [0.15, 0.2) is 78.9 Å². The average Bonchev–Trinajstić information content (AvgIpc) is 2.83. The molecule has 31 heavy (non-hydrogen) atoms. The minimum absolute atomic E-state index is 0.0797. The molecule has 162 valence electrons. The molecule has 0 aliphatic rings. The number of aryl methyl sites for hydroxylation is 2. The van der Waals surface area contributed by atoms with Crippen molar-refractivity contribution in [2.24, 2.45) is 5.92 Å². The van der Waals surface area contributed by atoms with Crippen molar-refractivity contribution >= 4 is 5.97 Å². The van der Waals surface area contributed by atoms with E-state index in [1.54, 1.807) is 7.11 Å². The van der Waals surface area contributed by atoms with Gasteiger partial charge in [-0.25, -0.2) is 0 Å². The van der Waals surface area contributed by atoms with Crippen LogP contribution >= 0.6 is 0 Å². The van der Waals surface area contributed by atoms with Crippen LogP contribution in [-0.4, -0.2) is 20.2 Å². The van der Waals surface area contributed by atoms with Gasteiger partial charge in [-0.1, -0.05) is 42.5 Å². The standard InChI is InChI=1S/C27H30O4/c1-29-24-17-19-26(20-18-24)31-25-15-12-22(13-16-25)11-14-23(27(28)30-2)10-6-9-21-7-4-3-5-8-21/h3-5,7-8,12-13,15-20,23H,6,9-11,14H2,1-2H3. The van der Waals surface area contributed by atoms with Crippen molar-refractivity contribution in [3.63, 3.8) is 0 Å². The van der Waals surface area contributed by atoms with Crippen LogP contribution in [0.4, 0.5) is 0 Å². The first kappa shape index (κ1) is 22.4. The monoisotopic (exact) mass is 418 g/mol. The first-order valence-corrected chi connectivity index (χ1v) is 10.7. The van der Waals surface area contributed by atoms with Crippen LogP contribution in [0.2, 0.25) is 0 Å². The molecule has 0 amide bonds. The van der Waals surface area contributed by atoms with E-state index in [0.29, 0.717) is 0 Å². The number of esters is 1. The highest BCUT2D eigenvalue weighted by Crippen LogP contribution is 2.25. The minimum atomic E-state index is -0.118. The third-order valence-corrected chi connectivity index (χ3v) is 5.40. The number of rotatable bonds is 11. The minimum Gasteiger partial charge on any atom is -0.497 e. The van der Waals surface area contributed by atoms with E-state index in [2.05, 4.69) is 36.4 Å². The van der Waals surface area contributed by atoms with Crippen LogP contribution in [-0.2, 0) is 22.4 Å². The van der Waals surface area contributed by atoms with Crippen molar-refractivity contribution in [2.75, 3.05) is 14.2 Å². The van der Waals surface area contributed by atoms with Crippen LogP contribution in [0.5, 0.6) is 17.2 Å². The van der Waals surface area contributed by atoms with Crippen LogP contribution in [0.25, 0.3) is 0 Å². The number of hydrogen-bond acceptors (Lipinski definition) is 4. The van der Waals surface area contributed by atoms with Gasteiger partial charge in [0.1, 0.15) is 17.2 Å². The lowest BCUT2D eigenvalue weighted by atomic mass is 9.93. The Morgan fingerprint density at radius 2 is 1.29 bits per heavy atom. The molecule has 0 aromatic heterocycles. The molecule has 1 unspecified atom stereocenters. The second kappa shape index (κ2) is 11.8. The summed E-state index contributed by atoms with van der Waals surface area (Å²) < 4.78 is 16.1. The Morgan fingerprint density at radius 1 is 0.710 bits per heavy atom. The summed E-state index contributed by atoms with van der Waals surface area (Å²) in [5.41, 5.74) is 2.48. The van der Waals surface area contributed by atoms with Crippen LogP contribution in [0, 0.1) is 5.92 Å². The molecule has 3 aromatic carbocycles. The lowest BCUT2D eigenvalue weighted by Crippen LogP contribution is -2.17. The fourth-order valence-electron chi connectivity index (χ4n) is 3.59. The maximum Gasteiger partial charge on any atom is 0.308 e. The summed E-state index contributed by atoms with van der Waals surface area (Å²) >= 11 is 0. The Labute approximate surface area is 184 Å². The van der Waals surface area contributed by atoms with E-state index >= 15 is 0 Å². The predicted molar refractivity (Wildman–Crippen MR) is 123 cm³/mol. The van der Waals surface area contributed by atoms with Crippen molar-refractivity contribution in [1.29, 1.82) is 0 Å². The molecular formula is C27H30O4. The SMILES string of the molecule is COC(=O)C(CCCc1ccccc1)CCc1ccc(Oc2ccc(OC)cc2)cc1. The Hall–Kier alpha value is -3.27. The van der Waals surface area contributed by atoms with Gasteiger partial charge in [0, 0.05) is 0 Å². The van der Waals surface area contributed by atoms with Crippen molar-refractivity contribution < 1.29 is 19.0 Å². The van der Waals surface area contributed by atoms with E-state index < -0.39 is 0 Å². The fraction of sp³-hybridized carbons (Fsp3) is 0.296. The number of methoxy groups -OCH3 is 2. The number of benzene rings is 3. The van der Waals surface area contributed by atoms with E-state index in [0.717, 1.165) is 49.4 Å². The van der Waals surface area contributed by atoms with Gasteiger partial charge in [-0.15, -0.1) is 0 Å². The summed E-state index contributed by atoms with van der Waals surface area (Å²) in [5, 5.41) is 0. The zero-order chi connectivity index (χ0) is 21.9. The van der Waals surface area contributed by atoms with Gasteiger partial charge >= 0.3 is 5.97 Å². The van der Waals surface area contributed by atoms with Crippen molar-refractivity contribution in [1.82, 2.24) is 0 Å². The molecule has 0 radical (unpaired) electrons. The highest BCUT2D eigenvalue weighted by Gasteiger charge is 2.18. The summed E-state index contributed by atoms with van der Waals surface area (Å²) in [7, 11) is 3.11. The molecule has 0 spiro atoms. The van der Waals surface area contributed by atoms with E-state index in [4.69, 9.17) is 14.2 Å². The lowest BCUT2D eigenvalue weighted by molar-refractivity contribution is -0.145. The van der Waals surface area contributed by atoms with Gasteiger partial charge in [-0.05, 0) is 79.6 Å². The molecule has 4 heteroatoms. The molecule has 1 atom stereocenters. The molecule has 4 nitrogen and oxygen atoms in total. The largest absolute Gasteiger partial charge is 0.497 e. The Morgan fingerprint density at radius 3 is 1.90 bits per heavy atom. The molecule has 0 bridgehead atoms. The molecular weight excluding hydrogens is 388 g/mol. The van der Waals surface area contributed by atoms with E-state index in [9.17, 15) is 4.79 Å². The van der Waals surface area contributed by atoms with Crippen molar-refractivity contribution in [3.8, 4) is 17.2 Å². The third-order valence-electron chi connectivity index (χ3n) is 5.40. The van der Waals surface area contributed by atoms with Crippen LogP contribution in [0.3, 0.4) is 0 Å². The predicted octanol–water partition coefficient (Wildman–Crippen LogP) is 6.23. The summed E-state index contributed by atoms with van der Waals surface area (Å²) in [5.74, 6) is 2.14. The summed E-state index contributed by atoms with van der Waals surface area (Å²) in [4.78, 5) is 12.2. The van der Waals surface area contributed by atoms with Crippen LogP contribution in [0.1, 0.15) is 30.4 Å². The quantitative estimate of drug-likeness (QED) is 0.346. The average molecular weight is 419 g/mol. The van der Waals surface area contributed by atoms with Crippen molar-refractivity contribution in [3.05, 3.63) is 90.0 Å². The molecule has 0 saturated carbocycles. The number of carbonyl (C=O) groups excluding carboxylic acids is 1. The van der Waals surface area contributed by atoms with Gasteiger partial charge in [-0.2, -0.15) is 0 Å². The first-order valence-electron chi connectivity index (χ1n) is 10.7. The van der Waals surface area contributed by atoms with E-state index in [1.807, 2.05) is 42.5 Å². The van der Waals surface area contributed by atoms with E-state index in [-0.39, 0.29) is 11.9 Å². The van der Waals surface area contributed by atoms with E-state index in [1.165, 1.54) is 18.2 Å². The first-order chi connectivity index (χ1) is 15.2. The number of carbonyl (C=O) groups is 1. The third kappa shape index (κ3) is 7.18. The molecule has 0 aliphatic carbocycles. The number of hydrogen-bond donors (Lipinski definition) is 0. The fourth-order valence-corrected chi connectivity index (χ4v) is 3.59. The molecule has 0 saturated heterocycles. The Kier molecular flexibility index (Phi) is 8.53. The summed E-state index contributed by atoms with van der Waals surface area (Å²) in [6.07, 6.45) is 4.39. The van der Waals surface area contributed by atoms with Gasteiger partial charge in [0.25, 0.3) is 0 Å². The second-order valence-corrected chi connectivity index (χ2v) is 7.56. The van der Waals surface area contributed by atoms with Gasteiger partial charge < -0.3 is 14.2 Å². The molecule has 3 aromatic rings. The molecule has 0 heterocycles. The summed E-state index contributed by atoms with van der Waals surface area (Å²) in [6, 6.07) is 25.9. The van der Waals surface area contributed by atoms with Gasteiger partial charge in [0.2, 0.25) is 0 Å².